The molecule has 0 radical (unpaired) electrons. The fourth-order valence-electron chi connectivity index (χ4n) is 3.52. The summed E-state index contributed by atoms with van der Waals surface area (Å²) in [4.78, 5) is 38.1. The summed E-state index contributed by atoms with van der Waals surface area (Å²) >= 11 is 0. The Bertz CT molecular complexity index is 946. The molecule has 35 heavy (non-hydrogen) atoms. The van der Waals surface area contributed by atoms with Crippen LogP contribution in [0.5, 0.6) is 0 Å². The van der Waals surface area contributed by atoms with Gasteiger partial charge in [-0.05, 0) is 29.0 Å². The molecule has 0 bridgehead atoms. The van der Waals surface area contributed by atoms with Crippen molar-refractivity contribution in [3.05, 3.63) is 60.2 Å². The number of hydrogen-bond acceptors (Lipinski definition) is 5. The monoisotopic (exact) mass is 484 g/mol. The second-order valence-corrected chi connectivity index (χ2v) is 8.94. The van der Waals surface area contributed by atoms with Gasteiger partial charge in [0, 0.05) is 13.0 Å². The normalized spacial score (nSPS) is 12.6. The van der Waals surface area contributed by atoms with Gasteiger partial charge in [-0.3, -0.25) is 0 Å². The number of benzene rings is 2. The van der Waals surface area contributed by atoms with E-state index in [1.807, 2.05) is 75.4 Å². The van der Waals surface area contributed by atoms with E-state index in [4.69, 9.17) is 4.74 Å². The first kappa shape index (κ1) is 27.9. The van der Waals surface area contributed by atoms with Crippen molar-refractivity contribution in [2.24, 2.45) is 5.92 Å². The van der Waals surface area contributed by atoms with Gasteiger partial charge < -0.3 is 25.2 Å². The van der Waals surface area contributed by atoms with Crippen LogP contribution in [0.2, 0.25) is 0 Å². The maximum Gasteiger partial charge on any atom is 0.336 e. The summed E-state index contributed by atoms with van der Waals surface area (Å²) in [6.45, 7) is 5.88. The van der Waals surface area contributed by atoms with Gasteiger partial charge in [0.2, 0.25) is 0 Å². The van der Waals surface area contributed by atoms with E-state index in [-0.39, 0.29) is 32.0 Å². The Kier molecular flexibility index (Phi) is 11.2. The lowest BCUT2D eigenvalue weighted by atomic mass is 10.0. The number of unbranched alkanes of at least 4 members (excludes halogenated alkanes) is 1. The molecule has 0 aliphatic carbocycles. The highest BCUT2D eigenvalue weighted by Gasteiger charge is 2.28. The molecule has 190 valence electrons. The molecular weight excluding hydrogens is 448 g/mol. The number of nitrogens with one attached hydrogen (secondary N) is 1. The quantitative estimate of drug-likeness (QED) is 0.295. The number of rotatable bonds is 13. The fourth-order valence-corrected chi connectivity index (χ4v) is 3.52. The number of ether oxygens (including phenoxy) is 1. The Morgan fingerprint density at radius 2 is 1.60 bits per heavy atom. The highest BCUT2D eigenvalue weighted by molar-refractivity contribution is 5.83. The van der Waals surface area contributed by atoms with Crippen LogP contribution in [-0.2, 0) is 20.7 Å². The maximum absolute atomic E-state index is 12.9. The van der Waals surface area contributed by atoms with Crippen LogP contribution < -0.4 is 5.32 Å². The lowest BCUT2D eigenvalue weighted by molar-refractivity contribution is -0.154. The van der Waals surface area contributed by atoms with Crippen LogP contribution in [0.25, 0.3) is 11.1 Å². The standard InChI is InChI=1S/C27H36N2O6/c1-4-5-15-35-26(33)24(30)18-29(17-19(2)3)27(34)28-23(25(31)32)16-20-11-13-22(14-12-20)21-9-7-6-8-10-21/h6-14,19,23-24,30H,4-5,15-18H2,1-3H3,(H,28,34)(H,31,32)/t23-,24-/m0/s1. The lowest BCUT2D eigenvalue weighted by Gasteiger charge is -2.28. The topological polar surface area (TPSA) is 116 Å². The summed E-state index contributed by atoms with van der Waals surface area (Å²) in [6, 6.07) is 15.5. The second-order valence-electron chi connectivity index (χ2n) is 8.94. The first-order valence-corrected chi connectivity index (χ1v) is 12.0. The molecule has 8 heteroatoms. The molecule has 0 spiro atoms. The summed E-state index contributed by atoms with van der Waals surface area (Å²) < 4.78 is 5.03. The summed E-state index contributed by atoms with van der Waals surface area (Å²) in [5.74, 6) is -1.93. The van der Waals surface area contributed by atoms with Crippen LogP contribution in [0, 0.1) is 5.92 Å². The number of aliphatic hydroxyl groups excluding tert-OH is 1. The van der Waals surface area contributed by atoms with E-state index < -0.39 is 30.1 Å². The second kappa shape index (κ2) is 14.1. The number of carbonyl (C=O) groups is 3. The van der Waals surface area contributed by atoms with Crippen molar-refractivity contribution in [3.8, 4) is 11.1 Å². The van der Waals surface area contributed by atoms with Gasteiger partial charge in [0.05, 0.1) is 13.2 Å². The van der Waals surface area contributed by atoms with Gasteiger partial charge in [-0.1, -0.05) is 81.8 Å². The first-order chi connectivity index (χ1) is 16.7. The van der Waals surface area contributed by atoms with E-state index >= 15 is 0 Å². The molecular formula is C27H36N2O6. The Balaban J connectivity index is 2.04. The van der Waals surface area contributed by atoms with E-state index in [2.05, 4.69) is 5.32 Å². The molecule has 0 aliphatic heterocycles. The number of urea groups is 1. The zero-order valence-corrected chi connectivity index (χ0v) is 20.6. The smallest absolute Gasteiger partial charge is 0.336 e. The number of carboxylic acids is 1. The number of aliphatic hydroxyl groups is 1. The third-order valence-corrected chi connectivity index (χ3v) is 5.38. The van der Waals surface area contributed by atoms with Crippen molar-refractivity contribution in [2.45, 2.75) is 52.2 Å². The van der Waals surface area contributed by atoms with Gasteiger partial charge in [0.25, 0.3) is 0 Å². The van der Waals surface area contributed by atoms with Crippen molar-refractivity contribution < 1.29 is 29.3 Å². The van der Waals surface area contributed by atoms with Crippen molar-refractivity contribution in [1.82, 2.24) is 10.2 Å². The number of amides is 2. The van der Waals surface area contributed by atoms with Crippen LogP contribution in [0.1, 0.15) is 39.2 Å². The molecule has 0 saturated carbocycles. The largest absolute Gasteiger partial charge is 0.480 e. The van der Waals surface area contributed by atoms with Gasteiger partial charge in [-0.15, -0.1) is 0 Å². The summed E-state index contributed by atoms with van der Waals surface area (Å²) in [6.07, 6.45) is 0.107. The van der Waals surface area contributed by atoms with Crippen LogP contribution >= 0.6 is 0 Å². The van der Waals surface area contributed by atoms with Gasteiger partial charge in [0.15, 0.2) is 6.10 Å². The number of carbonyl (C=O) groups excluding carboxylic acids is 2. The third-order valence-electron chi connectivity index (χ3n) is 5.38. The Labute approximate surface area is 206 Å². The van der Waals surface area contributed by atoms with E-state index in [0.717, 1.165) is 23.1 Å². The summed E-state index contributed by atoms with van der Waals surface area (Å²) in [5.41, 5.74) is 2.82. The number of esters is 1. The lowest BCUT2D eigenvalue weighted by Crippen LogP contribution is -2.52. The zero-order valence-electron chi connectivity index (χ0n) is 20.6. The molecule has 0 fully saturated rings. The predicted molar refractivity (Wildman–Crippen MR) is 134 cm³/mol. The maximum atomic E-state index is 12.9. The molecule has 2 amide bonds. The van der Waals surface area contributed by atoms with Gasteiger partial charge in [0.1, 0.15) is 6.04 Å². The van der Waals surface area contributed by atoms with Gasteiger partial charge >= 0.3 is 18.0 Å². The number of aliphatic carboxylic acids is 1. The minimum atomic E-state index is -1.51. The molecule has 0 unspecified atom stereocenters. The Morgan fingerprint density at radius 1 is 0.971 bits per heavy atom. The van der Waals surface area contributed by atoms with E-state index in [0.29, 0.717) is 6.42 Å². The van der Waals surface area contributed by atoms with Gasteiger partial charge in [-0.2, -0.15) is 0 Å². The van der Waals surface area contributed by atoms with Gasteiger partial charge in [-0.25, -0.2) is 14.4 Å². The van der Waals surface area contributed by atoms with Crippen molar-refractivity contribution in [2.75, 3.05) is 19.7 Å². The Morgan fingerprint density at radius 3 is 2.17 bits per heavy atom. The van der Waals surface area contributed by atoms with Crippen molar-refractivity contribution in [1.29, 1.82) is 0 Å². The number of nitrogens with zero attached hydrogens (tertiary/aromatic N) is 1. The minimum absolute atomic E-state index is 0.0397. The molecule has 3 N–H and O–H groups in total. The highest BCUT2D eigenvalue weighted by Crippen LogP contribution is 2.20. The zero-order chi connectivity index (χ0) is 25.8. The van der Waals surface area contributed by atoms with Crippen LogP contribution in [0.15, 0.2) is 54.6 Å². The van der Waals surface area contributed by atoms with Crippen molar-refractivity contribution in [3.63, 3.8) is 0 Å². The molecule has 2 aromatic rings. The molecule has 2 aromatic carbocycles. The fraction of sp³-hybridized carbons (Fsp3) is 0.444. The van der Waals surface area contributed by atoms with Crippen LogP contribution in [0.3, 0.4) is 0 Å². The highest BCUT2D eigenvalue weighted by atomic mass is 16.5. The molecule has 2 rings (SSSR count). The van der Waals surface area contributed by atoms with Crippen molar-refractivity contribution >= 4 is 18.0 Å². The van der Waals surface area contributed by atoms with Crippen LogP contribution in [0.4, 0.5) is 4.79 Å². The van der Waals surface area contributed by atoms with E-state index in [1.54, 1.807) is 0 Å². The molecule has 8 nitrogen and oxygen atoms in total. The average molecular weight is 485 g/mol. The SMILES string of the molecule is CCCCOC(=O)[C@@H](O)CN(CC(C)C)C(=O)N[C@@H](Cc1ccc(-c2ccccc2)cc1)C(=O)O. The molecule has 0 saturated heterocycles. The Hall–Kier alpha value is -3.39. The molecule has 0 aliphatic rings. The summed E-state index contributed by atoms with van der Waals surface area (Å²) in [7, 11) is 0. The molecule has 2 atom stereocenters. The number of carboxylic acid groups (broad SMARTS) is 1. The first-order valence-electron chi connectivity index (χ1n) is 12.0. The molecule has 0 aromatic heterocycles. The average Bonchev–Trinajstić information content (AvgIpc) is 2.83. The summed E-state index contributed by atoms with van der Waals surface area (Å²) in [5, 5.41) is 22.5. The van der Waals surface area contributed by atoms with E-state index in [9.17, 15) is 24.6 Å². The molecule has 0 heterocycles. The van der Waals surface area contributed by atoms with Crippen LogP contribution in [-0.4, -0.2) is 64.9 Å². The third kappa shape index (κ3) is 9.41. The predicted octanol–water partition coefficient (Wildman–Crippen LogP) is 3.72. The number of hydrogen-bond donors (Lipinski definition) is 3. The minimum Gasteiger partial charge on any atom is -0.480 e. The van der Waals surface area contributed by atoms with E-state index in [1.165, 1.54) is 4.90 Å².